The molecule has 286 valence electrons. The molecule has 0 radical (unpaired) electrons. The minimum atomic E-state index is -1.11. The molecule has 0 heterocycles. The second kappa shape index (κ2) is 16.8. The molecule has 14 nitrogen and oxygen atoms in total. The zero-order valence-corrected chi connectivity index (χ0v) is 30.1. The molecule has 0 spiro atoms. The molecule has 4 aliphatic carbocycles. The highest BCUT2D eigenvalue weighted by Crippen LogP contribution is 2.69. The quantitative estimate of drug-likeness (QED) is 0.144. The number of carboxylic acids is 3. The van der Waals surface area contributed by atoms with E-state index in [1.54, 1.807) is 0 Å². The van der Waals surface area contributed by atoms with Gasteiger partial charge in [-0.2, -0.15) is 0 Å². The summed E-state index contributed by atoms with van der Waals surface area (Å²) in [6.45, 7) is 6.38. The number of carbonyl (C=O) groups is 7. The summed E-state index contributed by atoms with van der Waals surface area (Å²) in [5.41, 5.74) is -0.929. The van der Waals surface area contributed by atoms with Gasteiger partial charge in [0.15, 0.2) is 0 Å². The third kappa shape index (κ3) is 9.21. The first-order valence-corrected chi connectivity index (χ1v) is 18.3. The highest BCUT2D eigenvalue weighted by molar-refractivity contribution is 5.78. The van der Waals surface area contributed by atoms with Crippen LogP contribution in [0.1, 0.15) is 117 Å². The molecule has 0 saturated heterocycles. The van der Waals surface area contributed by atoms with Gasteiger partial charge in [-0.1, -0.05) is 20.8 Å². The van der Waals surface area contributed by atoms with E-state index in [-0.39, 0.29) is 91.8 Å². The van der Waals surface area contributed by atoms with E-state index in [0.717, 1.165) is 12.8 Å². The van der Waals surface area contributed by atoms with Crippen molar-refractivity contribution in [3.63, 3.8) is 0 Å². The number of carboxylic acid groups (broad SMARTS) is 3. The molecule has 0 aromatic carbocycles. The van der Waals surface area contributed by atoms with Gasteiger partial charge in [-0.15, -0.1) is 0 Å². The van der Waals surface area contributed by atoms with Crippen LogP contribution < -0.4 is 0 Å². The Morgan fingerprint density at radius 1 is 0.667 bits per heavy atom. The summed E-state index contributed by atoms with van der Waals surface area (Å²) in [6.07, 6.45) is 1.45. The number of rotatable bonds is 16. The lowest BCUT2D eigenvalue weighted by Crippen LogP contribution is -2.63. The van der Waals surface area contributed by atoms with E-state index in [1.165, 1.54) is 7.11 Å². The average molecular weight is 723 g/mol. The fourth-order valence-corrected chi connectivity index (χ4v) is 10.4. The molecular formula is C37H54O14. The van der Waals surface area contributed by atoms with Crippen molar-refractivity contribution in [1.29, 1.82) is 0 Å². The SMILES string of the molecule is COC(=O)CC[C@H](C)[C@@H]1CC[C@@H]2[C@@H]3[C@@H](C[C@@H](OC(=O)CCC(=O)O)[C@@]21C)[C@@]1(C)CC[C@@H](OC(=O)CCC(=O)O)C[C@H]1C[C@H]3OC(=O)CCC(=O)O. The van der Waals surface area contributed by atoms with E-state index in [0.29, 0.717) is 38.5 Å². The van der Waals surface area contributed by atoms with Crippen molar-refractivity contribution >= 4 is 41.8 Å². The molecule has 3 N–H and O–H groups in total. The second-order valence-electron chi connectivity index (χ2n) is 15.7. The summed E-state index contributed by atoms with van der Waals surface area (Å²) in [5, 5.41) is 27.5. The number of hydrogen-bond acceptors (Lipinski definition) is 11. The van der Waals surface area contributed by atoms with Gasteiger partial charge in [-0.05, 0) is 86.4 Å². The van der Waals surface area contributed by atoms with E-state index in [9.17, 15) is 43.8 Å². The summed E-state index contributed by atoms with van der Waals surface area (Å²) in [5.74, 6) is -5.74. The molecule has 0 aromatic heterocycles. The fraction of sp³-hybridized carbons (Fsp3) is 0.811. The lowest BCUT2D eigenvalue weighted by Gasteiger charge is -2.64. The number of carbonyl (C=O) groups excluding carboxylic acids is 4. The van der Waals surface area contributed by atoms with Crippen molar-refractivity contribution in [2.24, 2.45) is 46.3 Å². The highest BCUT2D eigenvalue weighted by Gasteiger charge is 2.67. The van der Waals surface area contributed by atoms with Gasteiger partial charge in [0.1, 0.15) is 18.3 Å². The number of hydrogen-bond donors (Lipinski definition) is 3. The number of methoxy groups -OCH3 is 1. The smallest absolute Gasteiger partial charge is 0.306 e. The van der Waals surface area contributed by atoms with Crippen molar-refractivity contribution in [2.75, 3.05) is 7.11 Å². The van der Waals surface area contributed by atoms with Crippen LogP contribution in [-0.4, -0.2) is 82.5 Å². The van der Waals surface area contributed by atoms with Crippen LogP contribution in [0.4, 0.5) is 0 Å². The predicted octanol–water partition coefficient (Wildman–Crippen LogP) is 4.78. The zero-order chi connectivity index (χ0) is 37.7. The Hall–Kier alpha value is -3.71. The van der Waals surface area contributed by atoms with Crippen molar-refractivity contribution in [1.82, 2.24) is 0 Å². The van der Waals surface area contributed by atoms with Gasteiger partial charge in [0.25, 0.3) is 0 Å². The first kappa shape index (κ1) is 40.1. The molecule has 4 aliphatic rings. The maximum atomic E-state index is 13.2. The first-order chi connectivity index (χ1) is 24.0. The second-order valence-corrected chi connectivity index (χ2v) is 15.7. The summed E-state index contributed by atoms with van der Waals surface area (Å²) >= 11 is 0. The lowest BCUT2D eigenvalue weighted by molar-refractivity contribution is -0.226. The molecule has 0 unspecified atom stereocenters. The maximum absolute atomic E-state index is 13.2. The normalized spacial score (nSPS) is 34.4. The summed E-state index contributed by atoms with van der Waals surface area (Å²) in [4.78, 5) is 84.6. The molecule has 0 amide bonds. The van der Waals surface area contributed by atoms with Gasteiger partial charge < -0.3 is 34.3 Å². The summed E-state index contributed by atoms with van der Waals surface area (Å²) in [7, 11) is 1.35. The molecule has 14 heteroatoms. The first-order valence-electron chi connectivity index (χ1n) is 18.3. The topological polar surface area (TPSA) is 217 Å². The molecule has 4 saturated carbocycles. The molecule has 4 fully saturated rings. The maximum Gasteiger partial charge on any atom is 0.306 e. The Bertz CT molecular complexity index is 1340. The van der Waals surface area contributed by atoms with Crippen LogP contribution in [0, 0.1) is 46.3 Å². The van der Waals surface area contributed by atoms with Crippen LogP contribution in [0.15, 0.2) is 0 Å². The standard InChI is InChI=1S/C37H54O14/c1-20(5-11-31(44)48-4)23-6-7-24-35-25(19-27(37(23,24)3)51-34(47)14-10-30(42)43)36(2)16-15-22(49-32(45)12-8-28(38)39)17-21(36)18-26(35)50-33(46)13-9-29(40)41/h20-27,35H,5-19H2,1-4H3,(H,38,39)(H,40,41)(H,42,43)/t20-,21-,22+,23-,24+,25+,26+,27+,35+,36-,37+/m0/s1. The van der Waals surface area contributed by atoms with E-state index in [1.807, 2.05) is 0 Å². The Balaban J connectivity index is 1.69. The highest BCUT2D eigenvalue weighted by atomic mass is 16.6. The molecule has 51 heavy (non-hydrogen) atoms. The Labute approximate surface area is 298 Å². The van der Waals surface area contributed by atoms with Crippen LogP contribution in [-0.2, 0) is 52.5 Å². The fourth-order valence-electron chi connectivity index (χ4n) is 10.4. The monoisotopic (exact) mass is 722 g/mol. The van der Waals surface area contributed by atoms with Crippen LogP contribution in [0.5, 0.6) is 0 Å². The van der Waals surface area contributed by atoms with Gasteiger partial charge in [-0.25, -0.2) is 0 Å². The van der Waals surface area contributed by atoms with Crippen LogP contribution >= 0.6 is 0 Å². The van der Waals surface area contributed by atoms with Crippen LogP contribution in [0.3, 0.4) is 0 Å². The largest absolute Gasteiger partial charge is 0.481 e. The zero-order valence-electron chi connectivity index (χ0n) is 30.1. The minimum absolute atomic E-state index is 0.0280. The van der Waals surface area contributed by atoms with Gasteiger partial charge in [0.2, 0.25) is 0 Å². The molecule has 11 atom stereocenters. The van der Waals surface area contributed by atoms with E-state index >= 15 is 0 Å². The van der Waals surface area contributed by atoms with Gasteiger partial charge in [-0.3, -0.25) is 33.6 Å². The lowest BCUT2D eigenvalue weighted by atomic mass is 9.43. The van der Waals surface area contributed by atoms with Gasteiger partial charge in [0, 0.05) is 17.8 Å². The summed E-state index contributed by atoms with van der Waals surface area (Å²) in [6, 6.07) is 0. The van der Waals surface area contributed by atoms with Crippen LogP contribution in [0.2, 0.25) is 0 Å². The number of fused-ring (bicyclic) bond motifs is 5. The van der Waals surface area contributed by atoms with Crippen molar-refractivity contribution < 1.29 is 67.8 Å². The average Bonchev–Trinajstić information content (AvgIpc) is 3.43. The van der Waals surface area contributed by atoms with E-state index < -0.39 is 59.5 Å². The van der Waals surface area contributed by atoms with Crippen molar-refractivity contribution in [3.05, 3.63) is 0 Å². The molecule has 0 aromatic rings. The predicted molar refractivity (Wildman–Crippen MR) is 177 cm³/mol. The van der Waals surface area contributed by atoms with Gasteiger partial charge in [0.05, 0.1) is 45.6 Å². The van der Waals surface area contributed by atoms with E-state index in [2.05, 4.69) is 20.8 Å². The Kier molecular flexibility index (Phi) is 13.2. The molecular weight excluding hydrogens is 668 g/mol. The van der Waals surface area contributed by atoms with Crippen molar-refractivity contribution in [2.45, 2.75) is 135 Å². The summed E-state index contributed by atoms with van der Waals surface area (Å²) < 4.78 is 23.1. The molecule has 0 bridgehead atoms. The third-order valence-electron chi connectivity index (χ3n) is 13.0. The Morgan fingerprint density at radius 2 is 1.24 bits per heavy atom. The number of esters is 4. The molecule has 4 rings (SSSR count). The Morgan fingerprint density at radius 3 is 1.80 bits per heavy atom. The van der Waals surface area contributed by atoms with Gasteiger partial charge >= 0.3 is 41.8 Å². The number of aliphatic carboxylic acids is 3. The number of ether oxygens (including phenoxy) is 4. The van der Waals surface area contributed by atoms with Crippen LogP contribution in [0.25, 0.3) is 0 Å². The van der Waals surface area contributed by atoms with E-state index in [4.69, 9.17) is 24.1 Å². The van der Waals surface area contributed by atoms with Crippen molar-refractivity contribution in [3.8, 4) is 0 Å². The third-order valence-corrected chi connectivity index (χ3v) is 13.0. The minimum Gasteiger partial charge on any atom is -0.481 e. The molecule has 0 aliphatic heterocycles.